The number of Topliss-reactive ketones (excluding diaryl/α,β-unsaturated/α-hetero) is 2. The van der Waals surface area contributed by atoms with Gasteiger partial charge < -0.3 is 73.9 Å². The summed E-state index contributed by atoms with van der Waals surface area (Å²) in [7, 11) is 9.94. The van der Waals surface area contributed by atoms with Crippen LogP contribution in [0.5, 0.6) is 17.6 Å². The number of esters is 3. The molecule has 0 unspecified atom stereocenters. The predicted octanol–water partition coefficient (Wildman–Crippen LogP) is 13.9. The van der Waals surface area contributed by atoms with Gasteiger partial charge in [-0.05, 0) is 174 Å². The van der Waals surface area contributed by atoms with E-state index >= 15 is 0 Å². The second-order valence-electron chi connectivity index (χ2n) is 31.4. The summed E-state index contributed by atoms with van der Waals surface area (Å²) in [5, 5.41) is 35.3. The number of carbonyl (C=O) groups is 6. The van der Waals surface area contributed by atoms with Gasteiger partial charge in [0.25, 0.3) is 0 Å². The molecule has 25 heteroatoms. The van der Waals surface area contributed by atoms with E-state index in [-0.39, 0.29) is 35.1 Å². The molecule has 0 atom stereocenters. The third-order valence-corrected chi connectivity index (χ3v) is 22.9. The Morgan fingerprint density at radius 1 is 0.397 bits per heavy atom. The molecule has 0 saturated carbocycles. The van der Waals surface area contributed by atoms with Crippen LogP contribution in [0.2, 0.25) is 0 Å². The molecule has 2 saturated heterocycles. The number of aromatic hydroxyl groups is 3. The lowest BCUT2D eigenvalue weighted by atomic mass is 10.00. The number of likely N-dealkylation sites (tertiary alicyclic amines) is 1. The molecule has 5 aliphatic heterocycles. The number of piperazine rings is 1. The number of likely N-dealkylation sites (N-methyl/N-ethyl adjacent to an activating group) is 2. The first-order valence-corrected chi connectivity index (χ1v) is 41.0. The van der Waals surface area contributed by atoms with Crippen LogP contribution >= 0.6 is 0 Å². The maximum atomic E-state index is 13.2. The molecule has 2 fully saturated rings. The molecule has 9 aromatic carbocycles. The summed E-state index contributed by atoms with van der Waals surface area (Å²) >= 11 is 0. The Morgan fingerprint density at radius 2 is 0.777 bits per heavy atom. The first-order valence-electron chi connectivity index (χ1n) is 41.0. The van der Waals surface area contributed by atoms with Gasteiger partial charge in [-0.15, -0.1) is 0 Å². The topological polar surface area (TPSA) is 298 Å². The normalized spacial score (nSPS) is 15.1. The number of methoxy groups -OCH3 is 3. The third kappa shape index (κ3) is 18.9. The number of benzene rings is 9. The maximum Gasteiger partial charge on any atom is 0.337 e. The Labute approximate surface area is 701 Å². The number of amides is 1. The van der Waals surface area contributed by atoms with E-state index in [1.165, 1.54) is 40.6 Å². The Kier molecular flexibility index (Phi) is 25.5. The third-order valence-electron chi connectivity index (χ3n) is 22.9. The van der Waals surface area contributed by atoms with Gasteiger partial charge in [-0.25, -0.2) is 29.4 Å². The number of hydrogen-bond acceptors (Lipinski definition) is 21. The largest absolute Gasteiger partial charge is 0.494 e. The average molecular weight is 1630 g/mol. The number of ketones is 2. The van der Waals surface area contributed by atoms with Gasteiger partial charge in [0.1, 0.15) is 0 Å². The van der Waals surface area contributed by atoms with Gasteiger partial charge in [0.15, 0.2) is 29.2 Å². The van der Waals surface area contributed by atoms with Crippen molar-refractivity contribution >= 4 is 119 Å². The zero-order valence-electron chi connectivity index (χ0n) is 68.9. The molecule has 620 valence electrons. The highest BCUT2D eigenvalue weighted by molar-refractivity contribution is 6.24. The number of rotatable bonds is 23. The molecule has 17 rings (SSSR count). The molecule has 0 bridgehead atoms. The number of hydrogen-bond donors (Lipinski definition) is 6. The SMILES string of the molecule is COC(=O)c1ccc2c(C(=Nc3ccc4c(c3)CCN4C(=O)CCN3CCN(C)CC3)c3ccccc3)c(O)[nH]c2c1.COC(=O)c1ccc2c(C(=Nc3ccc4c(c3)CCN4CC(=O)CN(C)C)c3ccccc3)c(O)[nH]c2c1.COC(=O)c1ccc2c(C(=Nc3ccc4c(c3)CCN4CC(=O)CN3CCCCC3)c3ccccc3)c(O)[nH]c2c1. The van der Waals surface area contributed by atoms with Crippen molar-refractivity contribution in [1.82, 2.24) is 34.6 Å². The summed E-state index contributed by atoms with van der Waals surface area (Å²) in [5.41, 5.74) is 17.8. The first kappa shape index (κ1) is 82.8. The number of nitrogens with zero attached hydrogens (tertiary/aromatic N) is 10. The first-order chi connectivity index (χ1) is 58.7. The van der Waals surface area contributed by atoms with Gasteiger partial charge >= 0.3 is 17.9 Å². The minimum Gasteiger partial charge on any atom is -0.494 e. The summed E-state index contributed by atoms with van der Waals surface area (Å²) < 4.78 is 14.5. The van der Waals surface area contributed by atoms with Crippen molar-refractivity contribution in [3.8, 4) is 17.6 Å². The molecule has 0 aliphatic carbocycles. The highest BCUT2D eigenvalue weighted by atomic mass is 16.5. The van der Waals surface area contributed by atoms with E-state index in [0.29, 0.717) is 106 Å². The number of anilines is 3. The molecule has 8 heterocycles. The number of ether oxygens (including phenoxy) is 3. The van der Waals surface area contributed by atoms with E-state index in [2.05, 4.69) is 64.7 Å². The Balaban J connectivity index is 0.000000141. The molecular formula is C96H99N13O12. The molecule has 5 aliphatic rings. The number of carbonyl (C=O) groups excluding carboxylic acids is 6. The molecule has 0 spiro atoms. The number of aromatic amines is 3. The van der Waals surface area contributed by atoms with E-state index in [1.54, 1.807) is 54.6 Å². The fraction of sp³-hybridized carbons (Fsp3) is 0.281. The van der Waals surface area contributed by atoms with Crippen LogP contribution in [0.25, 0.3) is 32.7 Å². The van der Waals surface area contributed by atoms with Gasteiger partial charge in [0.05, 0.1) is 115 Å². The Morgan fingerprint density at radius 3 is 1.17 bits per heavy atom. The fourth-order valence-electron chi connectivity index (χ4n) is 16.8. The van der Waals surface area contributed by atoms with E-state index in [4.69, 9.17) is 29.2 Å². The van der Waals surface area contributed by atoms with Crippen molar-refractivity contribution in [1.29, 1.82) is 0 Å². The number of aromatic nitrogens is 3. The second-order valence-corrected chi connectivity index (χ2v) is 31.4. The van der Waals surface area contributed by atoms with Crippen LogP contribution in [0.4, 0.5) is 34.1 Å². The average Bonchev–Trinajstić information content (AvgIpc) is 1.63. The van der Waals surface area contributed by atoms with Crippen LogP contribution in [0, 0.1) is 0 Å². The quantitative estimate of drug-likeness (QED) is 0.0197. The number of piperidine rings is 1. The summed E-state index contributed by atoms with van der Waals surface area (Å²) in [4.78, 5) is 114. The van der Waals surface area contributed by atoms with E-state index in [9.17, 15) is 44.1 Å². The van der Waals surface area contributed by atoms with Gasteiger partial charge in [-0.1, -0.05) is 116 Å². The number of nitrogens with one attached hydrogen (secondary N) is 3. The monoisotopic (exact) mass is 1630 g/mol. The molecule has 3 aromatic heterocycles. The zero-order valence-corrected chi connectivity index (χ0v) is 68.9. The van der Waals surface area contributed by atoms with Crippen molar-refractivity contribution in [3.05, 3.63) is 267 Å². The Hall–Kier alpha value is -13.3. The highest BCUT2D eigenvalue weighted by Gasteiger charge is 2.31. The Bertz CT molecular complexity index is 5960. The minimum atomic E-state index is -0.450. The zero-order chi connectivity index (χ0) is 84.4. The molecule has 25 nitrogen and oxygen atoms in total. The van der Waals surface area contributed by atoms with Crippen LogP contribution in [-0.4, -0.2) is 236 Å². The van der Waals surface area contributed by atoms with Crippen LogP contribution < -0.4 is 14.7 Å². The number of fused-ring (bicyclic) bond motifs is 6. The van der Waals surface area contributed by atoms with Crippen molar-refractivity contribution in [3.63, 3.8) is 0 Å². The summed E-state index contributed by atoms with van der Waals surface area (Å²) in [6, 6.07) is 62.6. The minimum absolute atomic E-state index is 0.0239. The number of H-pyrrole nitrogens is 3. The molecule has 0 radical (unpaired) electrons. The summed E-state index contributed by atoms with van der Waals surface area (Å²) in [5.74, 6) is -0.832. The van der Waals surface area contributed by atoms with Crippen LogP contribution in [0.3, 0.4) is 0 Å². The summed E-state index contributed by atoms with van der Waals surface area (Å²) in [6.07, 6.45) is 6.59. The molecule has 12 aromatic rings. The predicted molar refractivity (Wildman–Crippen MR) is 474 cm³/mol. The van der Waals surface area contributed by atoms with Crippen molar-refractivity contribution < 1.29 is 58.3 Å². The second kappa shape index (κ2) is 37.3. The van der Waals surface area contributed by atoms with Crippen LogP contribution in [0.1, 0.15) is 107 Å². The lowest BCUT2D eigenvalue weighted by Crippen LogP contribution is -2.45. The molecule has 121 heavy (non-hydrogen) atoms. The van der Waals surface area contributed by atoms with E-state index in [0.717, 1.165) is 162 Å². The standard InChI is InChI=1S/C33H35N5O4.C33H34N4O4.C30H30N4O4/c1-36-16-18-37(19-17-36)14-13-29(39)38-15-12-23-20-25(9-11-28(23)38)34-31(22-6-4-3-5-7-22)30-26-10-8-24(33(41)42-2)21-27(26)35-32(30)40;1-41-33(40)24-10-12-27-28(19-24)35-32(39)30(27)31(22-8-4-2-5-9-22)34-25-11-13-29-23(18-25)14-17-37(29)21-26(38)20-36-15-6-3-7-16-36;1-33(2)17-23(35)18-34-14-13-20-15-22(10-12-26(20)34)31-28(19-7-5-4-6-8-19)27-24-11-9-21(30(37)38-3)16-25(24)32-29(27)36/h3-11,20-21,35,40H,12-19H2,1-2H3;2,4-5,8-13,18-19,35,39H,3,6-7,14-17,20-21H2,1H3;4-12,15-16,32,36H,13-14,17-18H2,1-3H3. The van der Waals surface area contributed by atoms with Crippen molar-refractivity contribution in [2.75, 3.05) is 149 Å². The van der Waals surface area contributed by atoms with Crippen LogP contribution in [0.15, 0.2) is 215 Å². The van der Waals surface area contributed by atoms with Gasteiger partial charge in [-0.3, -0.25) is 19.3 Å². The molecule has 6 N–H and O–H groups in total. The maximum absolute atomic E-state index is 13.2. The van der Waals surface area contributed by atoms with Crippen molar-refractivity contribution in [2.24, 2.45) is 15.0 Å². The van der Waals surface area contributed by atoms with Gasteiger partial charge in [0.2, 0.25) is 5.91 Å². The van der Waals surface area contributed by atoms with Gasteiger partial charge in [-0.2, -0.15) is 0 Å². The van der Waals surface area contributed by atoms with E-state index < -0.39 is 17.9 Å². The lowest BCUT2D eigenvalue weighted by molar-refractivity contribution is -0.119. The van der Waals surface area contributed by atoms with Crippen LogP contribution in [-0.2, 0) is 47.9 Å². The lowest BCUT2D eigenvalue weighted by Gasteiger charge is -2.32. The molecular weight excluding hydrogens is 1530 g/mol. The molecule has 1 amide bonds. The van der Waals surface area contributed by atoms with Crippen molar-refractivity contribution in [2.45, 2.75) is 44.9 Å². The summed E-state index contributed by atoms with van der Waals surface area (Å²) in [6.45, 7) is 11.0. The van der Waals surface area contributed by atoms with E-state index in [1.807, 2.05) is 151 Å². The van der Waals surface area contributed by atoms with Gasteiger partial charge in [0, 0.05) is 125 Å². The smallest absolute Gasteiger partial charge is 0.337 e. The fourth-order valence-corrected chi connectivity index (χ4v) is 16.8. The number of aliphatic imine (C=N–C) groups is 3. The highest BCUT2D eigenvalue weighted by Crippen LogP contribution is 2.40.